The lowest BCUT2D eigenvalue weighted by Gasteiger charge is -2.17. The van der Waals surface area contributed by atoms with Crippen LogP contribution in [0.5, 0.6) is 0 Å². The molecule has 2 aliphatic rings. The molecule has 1 unspecified atom stereocenters. The number of hydrogen-bond acceptors (Lipinski definition) is 4. The van der Waals surface area contributed by atoms with Crippen molar-refractivity contribution in [2.45, 2.75) is 25.2 Å². The number of rotatable bonds is 3. The van der Waals surface area contributed by atoms with Gasteiger partial charge in [0.1, 0.15) is 11.6 Å². The van der Waals surface area contributed by atoms with Crippen molar-refractivity contribution in [3.63, 3.8) is 0 Å². The Labute approximate surface area is 104 Å². The van der Waals surface area contributed by atoms with Crippen LogP contribution in [0.3, 0.4) is 0 Å². The molecule has 0 radical (unpaired) electrons. The standard InChI is InChI=1S/C12H16N4O2/c13-11(18)8-3-4-16(6-8)9-5-10(17)15-12(14-9)7-1-2-7/h5,7-8H,1-4,6H2,(H2,13,18)(H,14,15,17). The number of carbonyl (C=O) groups excluding carboxylic acids is 1. The summed E-state index contributed by atoms with van der Waals surface area (Å²) in [5, 5.41) is 0. The third-order valence-electron chi connectivity index (χ3n) is 3.63. The van der Waals surface area contributed by atoms with Gasteiger partial charge in [-0.1, -0.05) is 0 Å². The highest BCUT2D eigenvalue weighted by molar-refractivity contribution is 5.78. The molecule has 0 aromatic carbocycles. The summed E-state index contributed by atoms with van der Waals surface area (Å²) in [6.07, 6.45) is 2.93. The van der Waals surface area contributed by atoms with E-state index in [1.165, 1.54) is 6.07 Å². The Balaban J connectivity index is 1.84. The maximum absolute atomic E-state index is 11.6. The molecular weight excluding hydrogens is 232 g/mol. The Morgan fingerprint density at radius 1 is 1.44 bits per heavy atom. The summed E-state index contributed by atoms with van der Waals surface area (Å²) >= 11 is 0. The molecular formula is C12H16N4O2. The van der Waals surface area contributed by atoms with Gasteiger partial charge in [0.05, 0.1) is 5.92 Å². The number of aromatic amines is 1. The number of nitrogens with one attached hydrogen (secondary N) is 1. The quantitative estimate of drug-likeness (QED) is 0.785. The Hall–Kier alpha value is -1.85. The molecule has 1 saturated carbocycles. The third kappa shape index (κ3) is 2.10. The summed E-state index contributed by atoms with van der Waals surface area (Å²) in [4.78, 5) is 32.0. The van der Waals surface area contributed by atoms with Crippen molar-refractivity contribution in [1.82, 2.24) is 9.97 Å². The summed E-state index contributed by atoms with van der Waals surface area (Å²) < 4.78 is 0. The molecule has 0 bridgehead atoms. The summed E-state index contributed by atoms with van der Waals surface area (Å²) in [6.45, 7) is 1.30. The first-order valence-corrected chi connectivity index (χ1v) is 6.29. The van der Waals surface area contributed by atoms with Crippen molar-refractivity contribution in [2.24, 2.45) is 11.7 Å². The predicted molar refractivity (Wildman–Crippen MR) is 66.3 cm³/mol. The Bertz CT molecular complexity index is 535. The fourth-order valence-electron chi connectivity index (χ4n) is 2.38. The highest BCUT2D eigenvalue weighted by Gasteiger charge is 2.30. The molecule has 0 spiro atoms. The molecule has 6 nitrogen and oxygen atoms in total. The van der Waals surface area contributed by atoms with Gasteiger partial charge in [0.25, 0.3) is 5.56 Å². The van der Waals surface area contributed by atoms with Crippen LogP contribution >= 0.6 is 0 Å². The Kier molecular flexibility index (Phi) is 2.57. The van der Waals surface area contributed by atoms with Crippen molar-refractivity contribution in [3.8, 4) is 0 Å². The smallest absolute Gasteiger partial charge is 0.252 e. The van der Waals surface area contributed by atoms with Gasteiger partial charge in [-0.05, 0) is 19.3 Å². The number of hydrogen-bond donors (Lipinski definition) is 2. The highest BCUT2D eigenvalue weighted by Crippen LogP contribution is 2.38. The van der Waals surface area contributed by atoms with Crippen molar-refractivity contribution in [2.75, 3.05) is 18.0 Å². The molecule has 1 atom stereocenters. The Morgan fingerprint density at radius 3 is 2.83 bits per heavy atom. The van der Waals surface area contributed by atoms with Crippen LogP contribution in [-0.2, 0) is 4.79 Å². The lowest BCUT2D eigenvalue weighted by Crippen LogP contribution is -2.28. The zero-order valence-electron chi connectivity index (χ0n) is 10.1. The van der Waals surface area contributed by atoms with Gasteiger partial charge in [-0.15, -0.1) is 0 Å². The van der Waals surface area contributed by atoms with Gasteiger partial charge in [0, 0.05) is 25.1 Å². The number of amides is 1. The first kappa shape index (κ1) is 11.3. The molecule has 2 heterocycles. The average molecular weight is 248 g/mol. The van der Waals surface area contributed by atoms with E-state index in [1.54, 1.807) is 0 Å². The SMILES string of the molecule is NC(=O)C1CCN(c2cc(=O)[nH]c(C3CC3)n2)C1. The number of carbonyl (C=O) groups is 1. The van der Waals surface area contributed by atoms with E-state index in [0.717, 1.165) is 31.6 Å². The summed E-state index contributed by atoms with van der Waals surface area (Å²) in [7, 11) is 0. The zero-order valence-corrected chi connectivity index (χ0v) is 10.1. The number of nitrogens with two attached hydrogens (primary N) is 1. The fraction of sp³-hybridized carbons (Fsp3) is 0.583. The van der Waals surface area contributed by atoms with Gasteiger partial charge < -0.3 is 15.6 Å². The van der Waals surface area contributed by atoms with E-state index in [0.29, 0.717) is 18.3 Å². The van der Waals surface area contributed by atoms with Gasteiger partial charge in [0.15, 0.2) is 0 Å². The molecule has 96 valence electrons. The number of primary amides is 1. The van der Waals surface area contributed by atoms with E-state index in [1.807, 2.05) is 4.90 Å². The fourth-order valence-corrected chi connectivity index (χ4v) is 2.38. The summed E-state index contributed by atoms with van der Waals surface area (Å²) in [5.41, 5.74) is 5.18. The topological polar surface area (TPSA) is 92.1 Å². The first-order valence-electron chi connectivity index (χ1n) is 6.29. The van der Waals surface area contributed by atoms with Crippen LogP contribution in [0.2, 0.25) is 0 Å². The Morgan fingerprint density at radius 2 is 2.22 bits per heavy atom. The monoisotopic (exact) mass is 248 g/mol. The molecule has 1 aromatic rings. The van der Waals surface area contributed by atoms with E-state index in [4.69, 9.17) is 5.73 Å². The molecule has 2 fully saturated rings. The molecule has 1 aliphatic carbocycles. The molecule has 1 saturated heterocycles. The third-order valence-corrected chi connectivity index (χ3v) is 3.63. The molecule has 1 amide bonds. The lowest BCUT2D eigenvalue weighted by molar-refractivity contribution is -0.121. The van der Waals surface area contributed by atoms with Crippen LogP contribution in [0.15, 0.2) is 10.9 Å². The number of nitrogens with zero attached hydrogens (tertiary/aromatic N) is 2. The molecule has 6 heteroatoms. The minimum atomic E-state index is -0.273. The lowest BCUT2D eigenvalue weighted by atomic mass is 10.1. The van der Waals surface area contributed by atoms with E-state index in [9.17, 15) is 9.59 Å². The van der Waals surface area contributed by atoms with Gasteiger partial charge in [0.2, 0.25) is 5.91 Å². The van der Waals surface area contributed by atoms with Gasteiger partial charge in [-0.3, -0.25) is 9.59 Å². The van der Waals surface area contributed by atoms with Crippen LogP contribution in [0.25, 0.3) is 0 Å². The van der Waals surface area contributed by atoms with Gasteiger partial charge >= 0.3 is 0 Å². The molecule has 18 heavy (non-hydrogen) atoms. The number of anilines is 1. The summed E-state index contributed by atoms with van der Waals surface area (Å²) in [6, 6.07) is 1.50. The molecule has 3 rings (SSSR count). The van der Waals surface area contributed by atoms with Crippen molar-refractivity contribution < 1.29 is 4.79 Å². The van der Waals surface area contributed by atoms with Crippen molar-refractivity contribution in [1.29, 1.82) is 0 Å². The predicted octanol–water partition coefficient (Wildman–Crippen LogP) is -0.0411. The van der Waals surface area contributed by atoms with Crippen LogP contribution in [0.1, 0.15) is 31.0 Å². The first-order chi connectivity index (χ1) is 8.63. The second-order valence-electron chi connectivity index (χ2n) is 5.10. The average Bonchev–Trinajstić information content (AvgIpc) is 3.05. The second kappa shape index (κ2) is 4.12. The van der Waals surface area contributed by atoms with E-state index in [-0.39, 0.29) is 17.4 Å². The summed E-state index contributed by atoms with van der Waals surface area (Å²) in [5.74, 6) is 1.46. The maximum atomic E-state index is 11.6. The van der Waals surface area contributed by atoms with Crippen LogP contribution in [-0.4, -0.2) is 29.0 Å². The van der Waals surface area contributed by atoms with Crippen LogP contribution in [0.4, 0.5) is 5.82 Å². The number of H-pyrrole nitrogens is 1. The number of aromatic nitrogens is 2. The van der Waals surface area contributed by atoms with E-state index >= 15 is 0 Å². The molecule has 1 aromatic heterocycles. The zero-order chi connectivity index (χ0) is 12.7. The highest BCUT2D eigenvalue weighted by atomic mass is 16.1. The molecule has 3 N–H and O–H groups in total. The largest absolute Gasteiger partial charge is 0.369 e. The van der Waals surface area contributed by atoms with E-state index < -0.39 is 0 Å². The maximum Gasteiger partial charge on any atom is 0.252 e. The molecule has 1 aliphatic heterocycles. The minimum Gasteiger partial charge on any atom is -0.369 e. The minimum absolute atomic E-state index is 0.121. The van der Waals surface area contributed by atoms with Crippen LogP contribution in [0, 0.1) is 5.92 Å². The van der Waals surface area contributed by atoms with Crippen LogP contribution < -0.4 is 16.2 Å². The van der Waals surface area contributed by atoms with Gasteiger partial charge in [-0.25, -0.2) is 4.98 Å². The van der Waals surface area contributed by atoms with Gasteiger partial charge in [-0.2, -0.15) is 0 Å². The van der Waals surface area contributed by atoms with E-state index in [2.05, 4.69) is 9.97 Å². The van der Waals surface area contributed by atoms with Crippen molar-refractivity contribution in [3.05, 3.63) is 22.2 Å². The normalized spacial score (nSPS) is 23.3. The second-order valence-corrected chi connectivity index (χ2v) is 5.10. The van der Waals surface area contributed by atoms with Crippen molar-refractivity contribution >= 4 is 11.7 Å².